The van der Waals surface area contributed by atoms with Crippen molar-refractivity contribution < 1.29 is 14.3 Å². The first-order chi connectivity index (χ1) is 15.1. The van der Waals surface area contributed by atoms with E-state index in [1.54, 1.807) is 16.7 Å². The maximum atomic E-state index is 13.2. The number of para-hydroxylation sites is 2. The first kappa shape index (κ1) is 21.0. The molecule has 0 bridgehead atoms. The number of rotatable bonds is 6. The molecule has 0 fully saturated rings. The van der Waals surface area contributed by atoms with Crippen LogP contribution in [-0.4, -0.2) is 18.5 Å². The molecule has 3 aromatic rings. The van der Waals surface area contributed by atoms with E-state index in [1.807, 2.05) is 79.7 Å². The molecule has 0 saturated heterocycles. The number of carbonyl (C=O) groups is 2. The van der Waals surface area contributed by atoms with Crippen molar-refractivity contribution in [2.45, 2.75) is 29.6 Å². The first-order valence-corrected chi connectivity index (χ1v) is 11.1. The Morgan fingerprint density at radius 2 is 1.52 bits per heavy atom. The van der Waals surface area contributed by atoms with Crippen molar-refractivity contribution in [3.63, 3.8) is 0 Å². The highest BCUT2D eigenvalue weighted by Gasteiger charge is 2.29. The molecular formula is C25H24N2O3S. The third-order valence-corrected chi connectivity index (χ3v) is 6.44. The van der Waals surface area contributed by atoms with Crippen molar-refractivity contribution in [2.24, 2.45) is 5.92 Å². The van der Waals surface area contributed by atoms with Gasteiger partial charge in [-0.05, 0) is 54.8 Å². The standard InChI is InChI=1S/C25H24N2O3S/c1-2-18(15-17-11-13-19(26)14-12-17)25(29)30-16-24(28)27-20-7-3-5-9-22(20)31-23-10-6-4-8-21(23)27/h3-14,18H,2,15-16,26H2,1H3/t18-/m1/s1. The van der Waals surface area contributed by atoms with Gasteiger partial charge in [-0.25, -0.2) is 0 Å². The number of nitrogen functional groups attached to an aromatic ring is 1. The van der Waals surface area contributed by atoms with Gasteiger partial charge in [0.1, 0.15) is 0 Å². The fraction of sp³-hybridized carbons (Fsp3) is 0.200. The zero-order valence-corrected chi connectivity index (χ0v) is 18.1. The topological polar surface area (TPSA) is 72.6 Å². The Hall–Kier alpha value is -3.25. The summed E-state index contributed by atoms with van der Waals surface area (Å²) in [4.78, 5) is 29.5. The fourth-order valence-corrected chi connectivity index (χ4v) is 4.68. The molecule has 0 spiro atoms. The van der Waals surface area contributed by atoms with E-state index in [1.165, 1.54) is 0 Å². The van der Waals surface area contributed by atoms with Crippen LogP contribution in [0.15, 0.2) is 82.6 Å². The van der Waals surface area contributed by atoms with E-state index < -0.39 is 0 Å². The number of carbonyl (C=O) groups excluding carboxylic acids is 2. The number of esters is 1. The lowest BCUT2D eigenvalue weighted by molar-refractivity contribution is -0.152. The fourth-order valence-electron chi connectivity index (χ4n) is 3.62. The summed E-state index contributed by atoms with van der Waals surface area (Å²) >= 11 is 1.63. The second-order valence-corrected chi connectivity index (χ2v) is 8.51. The normalized spacial score (nSPS) is 13.1. The molecule has 0 saturated carbocycles. The lowest BCUT2D eigenvalue weighted by Gasteiger charge is -2.31. The van der Waals surface area contributed by atoms with Crippen LogP contribution in [-0.2, 0) is 20.7 Å². The number of fused-ring (bicyclic) bond motifs is 2. The molecule has 6 heteroatoms. The molecule has 0 unspecified atom stereocenters. The van der Waals surface area contributed by atoms with Gasteiger partial charge in [-0.3, -0.25) is 14.5 Å². The minimum atomic E-state index is -0.361. The molecule has 1 amide bonds. The largest absolute Gasteiger partial charge is 0.455 e. The molecule has 2 N–H and O–H groups in total. The van der Waals surface area contributed by atoms with Crippen molar-refractivity contribution >= 4 is 40.7 Å². The van der Waals surface area contributed by atoms with Gasteiger partial charge in [0.05, 0.1) is 17.3 Å². The minimum Gasteiger partial charge on any atom is -0.455 e. The first-order valence-electron chi connectivity index (χ1n) is 10.3. The van der Waals surface area contributed by atoms with Gasteiger partial charge in [0, 0.05) is 15.5 Å². The highest BCUT2D eigenvalue weighted by atomic mass is 32.2. The number of hydrogen-bond donors (Lipinski definition) is 1. The van der Waals surface area contributed by atoms with Crippen LogP contribution in [0.2, 0.25) is 0 Å². The molecule has 0 aromatic heterocycles. The maximum absolute atomic E-state index is 13.2. The quantitative estimate of drug-likeness (QED) is 0.428. The molecule has 1 atom stereocenters. The second-order valence-electron chi connectivity index (χ2n) is 7.43. The molecule has 1 aliphatic heterocycles. The van der Waals surface area contributed by atoms with E-state index in [4.69, 9.17) is 10.5 Å². The van der Waals surface area contributed by atoms with E-state index in [0.29, 0.717) is 18.5 Å². The predicted octanol–water partition coefficient (Wildman–Crippen LogP) is 5.21. The smallest absolute Gasteiger partial charge is 0.309 e. The Balaban J connectivity index is 1.47. The summed E-state index contributed by atoms with van der Waals surface area (Å²) < 4.78 is 5.47. The summed E-state index contributed by atoms with van der Waals surface area (Å²) in [6.07, 6.45) is 1.18. The monoisotopic (exact) mass is 432 g/mol. The number of ether oxygens (including phenoxy) is 1. The van der Waals surface area contributed by atoms with Crippen LogP contribution >= 0.6 is 11.8 Å². The van der Waals surface area contributed by atoms with E-state index in [-0.39, 0.29) is 24.4 Å². The predicted molar refractivity (Wildman–Crippen MR) is 123 cm³/mol. The van der Waals surface area contributed by atoms with Gasteiger partial charge in [-0.15, -0.1) is 0 Å². The Bertz CT molecular complexity index is 1050. The van der Waals surface area contributed by atoms with Crippen molar-refractivity contribution in [3.05, 3.63) is 78.4 Å². The summed E-state index contributed by atoms with van der Waals surface area (Å²) in [5.41, 5.74) is 9.05. The molecule has 0 aliphatic carbocycles. The van der Waals surface area contributed by atoms with Crippen LogP contribution in [0.3, 0.4) is 0 Å². The summed E-state index contributed by atoms with van der Waals surface area (Å²) in [6, 6.07) is 23.0. The van der Waals surface area contributed by atoms with Gasteiger partial charge in [-0.1, -0.05) is 55.1 Å². The number of nitrogens with zero attached hydrogens (tertiary/aromatic N) is 1. The van der Waals surface area contributed by atoms with Crippen molar-refractivity contribution in [1.82, 2.24) is 0 Å². The Kier molecular flexibility index (Phi) is 6.28. The molecule has 31 heavy (non-hydrogen) atoms. The highest BCUT2D eigenvalue weighted by molar-refractivity contribution is 7.99. The molecule has 4 rings (SSSR count). The van der Waals surface area contributed by atoms with Crippen molar-refractivity contribution in [1.29, 1.82) is 0 Å². The summed E-state index contributed by atoms with van der Waals surface area (Å²) in [7, 11) is 0. The summed E-state index contributed by atoms with van der Waals surface area (Å²) in [5, 5.41) is 0. The Morgan fingerprint density at radius 1 is 0.935 bits per heavy atom. The number of hydrogen-bond acceptors (Lipinski definition) is 5. The van der Waals surface area contributed by atoms with Gasteiger partial charge in [0.25, 0.3) is 5.91 Å². The number of anilines is 3. The Labute approximate surface area is 186 Å². The van der Waals surface area contributed by atoms with Gasteiger partial charge in [-0.2, -0.15) is 0 Å². The molecule has 0 radical (unpaired) electrons. The molecule has 1 heterocycles. The van der Waals surface area contributed by atoms with E-state index in [9.17, 15) is 9.59 Å². The lowest BCUT2D eigenvalue weighted by atomic mass is 9.97. The van der Waals surface area contributed by atoms with Crippen LogP contribution < -0.4 is 10.6 Å². The van der Waals surface area contributed by atoms with Gasteiger partial charge >= 0.3 is 5.97 Å². The molecule has 5 nitrogen and oxygen atoms in total. The van der Waals surface area contributed by atoms with Crippen molar-refractivity contribution in [2.75, 3.05) is 17.2 Å². The summed E-state index contributed by atoms with van der Waals surface area (Å²) in [6.45, 7) is 1.64. The van der Waals surface area contributed by atoms with Crippen LogP contribution in [0.4, 0.5) is 17.1 Å². The number of amides is 1. The van der Waals surface area contributed by atoms with E-state index >= 15 is 0 Å². The van der Waals surface area contributed by atoms with Crippen molar-refractivity contribution in [3.8, 4) is 0 Å². The minimum absolute atomic E-state index is 0.268. The van der Waals surface area contributed by atoms with E-state index in [2.05, 4.69) is 0 Å². The number of benzene rings is 3. The van der Waals surface area contributed by atoms with Gasteiger partial charge < -0.3 is 10.5 Å². The average molecular weight is 433 g/mol. The van der Waals surface area contributed by atoms with Crippen LogP contribution in [0.5, 0.6) is 0 Å². The van der Waals surface area contributed by atoms with Crippen LogP contribution in [0.25, 0.3) is 0 Å². The van der Waals surface area contributed by atoms with E-state index in [0.717, 1.165) is 26.7 Å². The highest BCUT2D eigenvalue weighted by Crippen LogP contribution is 2.47. The molecule has 158 valence electrons. The average Bonchev–Trinajstić information content (AvgIpc) is 2.80. The third-order valence-electron chi connectivity index (χ3n) is 5.31. The molecule has 1 aliphatic rings. The SMILES string of the molecule is CC[C@H](Cc1ccc(N)cc1)C(=O)OCC(=O)N1c2ccccc2Sc2ccccc21. The zero-order valence-electron chi connectivity index (χ0n) is 17.3. The number of nitrogens with two attached hydrogens (primary N) is 1. The lowest BCUT2D eigenvalue weighted by Crippen LogP contribution is -2.33. The second kappa shape index (κ2) is 9.27. The van der Waals surface area contributed by atoms with Crippen LogP contribution in [0.1, 0.15) is 18.9 Å². The molecule has 3 aromatic carbocycles. The summed E-state index contributed by atoms with van der Waals surface area (Å²) in [5.74, 6) is -0.940. The Morgan fingerprint density at radius 3 is 2.10 bits per heavy atom. The van der Waals surface area contributed by atoms with Gasteiger partial charge in [0.2, 0.25) is 0 Å². The zero-order chi connectivity index (χ0) is 21.8. The van der Waals surface area contributed by atoms with Gasteiger partial charge in [0.15, 0.2) is 6.61 Å². The van der Waals surface area contributed by atoms with Crippen LogP contribution in [0, 0.1) is 5.92 Å². The third kappa shape index (κ3) is 4.59. The maximum Gasteiger partial charge on any atom is 0.309 e. The molecular weight excluding hydrogens is 408 g/mol.